The van der Waals surface area contributed by atoms with Crippen LogP contribution in [0.1, 0.15) is 48.0 Å². The first kappa shape index (κ1) is 13.2. The fourth-order valence-electron chi connectivity index (χ4n) is 1.18. The lowest BCUT2D eigenvalue weighted by molar-refractivity contribution is -0.119. The summed E-state index contributed by atoms with van der Waals surface area (Å²) in [6.07, 6.45) is 2.82. The third-order valence-corrected chi connectivity index (χ3v) is 1.70. The molecule has 0 spiro atoms. The Morgan fingerprint density at radius 3 is 2.14 bits per heavy atom. The lowest BCUT2D eigenvalue weighted by Crippen LogP contribution is -2.41. The number of carbonyl (C=O) groups is 1. The lowest BCUT2D eigenvalue weighted by Gasteiger charge is -2.21. The van der Waals surface area contributed by atoms with Gasteiger partial charge in [0.15, 0.2) is 0 Å². The highest BCUT2D eigenvalue weighted by Gasteiger charge is 2.16. The van der Waals surface area contributed by atoms with E-state index in [0.717, 1.165) is 12.0 Å². The van der Waals surface area contributed by atoms with E-state index < -0.39 is 0 Å². The molecule has 2 nitrogen and oxygen atoms in total. The Hall–Kier alpha value is -0.790. The van der Waals surface area contributed by atoms with Crippen molar-refractivity contribution in [1.82, 2.24) is 5.32 Å². The molecule has 0 aromatic carbocycles. The molecular weight excluding hydrogens is 174 g/mol. The van der Waals surface area contributed by atoms with Crippen molar-refractivity contribution in [2.45, 2.75) is 53.5 Å². The predicted octanol–water partition coefficient (Wildman–Crippen LogP) is 2.89. The van der Waals surface area contributed by atoms with Crippen molar-refractivity contribution >= 4 is 5.91 Å². The minimum absolute atomic E-state index is 0.0636. The minimum Gasteiger partial charge on any atom is -0.348 e. The topological polar surface area (TPSA) is 29.1 Å². The van der Waals surface area contributed by atoms with Gasteiger partial charge in [0.05, 0.1) is 0 Å². The zero-order valence-corrected chi connectivity index (χ0v) is 10.3. The summed E-state index contributed by atoms with van der Waals surface area (Å²) in [5.41, 5.74) is 0.734. The number of hydrogen-bond acceptors (Lipinski definition) is 1. The van der Waals surface area contributed by atoms with Crippen molar-refractivity contribution in [2.24, 2.45) is 5.92 Å². The molecule has 0 aliphatic rings. The average molecular weight is 197 g/mol. The van der Waals surface area contributed by atoms with Gasteiger partial charge in [0.25, 0.3) is 0 Å². The molecule has 0 saturated carbocycles. The van der Waals surface area contributed by atoms with E-state index in [9.17, 15) is 4.79 Å². The number of nitrogens with one attached hydrogen (secondary N) is 1. The Labute approximate surface area is 87.8 Å². The van der Waals surface area contributed by atoms with Crippen molar-refractivity contribution in [3.63, 3.8) is 0 Å². The van der Waals surface area contributed by atoms with E-state index >= 15 is 0 Å². The summed E-state index contributed by atoms with van der Waals surface area (Å²) in [6.45, 7) is 12.2. The Balaban J connectivity index is 4.49. The molecule has 0 fully saturated rings. The summed E-state index contributed by atoms with van der Waals surface area (Å²) in [5.74, 6) is 0.490. The Kier molecular flexibility index (Phi) is 4.89. The third-order valence-electron chi connectivity index (χ3n) is 1.70. The lowest BCUT2D eigenvalue weighted by atomic mass is 10.0. The average Bonchev–Trinajstić information content (AvgIpc) is 1.96. The first-order valence-corrected chi connectivity index (χ1v) is 5.29. The molecule has 0 radical (unpaired) electrons. The number of rotatable bonds is 3. The second kappa shape index (κ2) is 5.18. The maximum absolute atomic E-state index is 11.7. The molecule has 0 saturated heterocycles. The van der Waals surface area contributed by atoms with Crippen LogP contribution in [0.2, 0.25) is 0 Å². The summed E-state index contributed by atoms with van der Waals surface area (Å²) in [7, 11) is 0. The molecule has 1 amide bonds. The summed E-state index contributed by atoms with van der Waals surface area (Å²) in [6, 6.07) is 0. The highest BCUT2D eigenvalue weighted by molar-refractivity contribution is 5.93. The molecule has 0 aromatic heterocycles. The van der Waals surface area contributed by atoms with Crippen LogP contribution < -0.4 is 5.32 Å². The van der Waals surface area contributed by atoms with Crippen LogP contribution in [0.4, 0.5) is 0 Å². The second-order valence-electron chi connectivity index (χ2n) is 4.99. The van der Waals surface area contributed by atoms with Crippen LogP contribution in [-0.2, 0) is 4.79 Å². The quantitative estimate of drug-likeness (QED) is 0.692. The molecule has 0 atom stereocenters. The predicted molar refractivity (Wildman–Crippen MR) is 61.1 cm³/mol. The van der Waals surface area contributed by atoms with Gasteiger partial charge in [-0.25, -0.2) is 0 Å². The van der Waals surface area contributed by atoms with E-state index in [0.29, 0.717) is 5.92 Å². The third kappa shape index (κ3) is 5.79. The van der Waals surface area contributed by atoms with Gasteiger partial charge in [-0.3, -0.25) is 4.79 Å². The number of hydrogen-bond donors (Lipinski definition) is 1. The second-order valence-corrected chi connectivity index (χ2v) is 4.99. The van der Waals surface area contributed by atoms with E-state index in [2.05, 4.69) is 19.2 Å². The number of allylic oxidation sites excluding steroid dienone is 1. The molecule has 1 N–H and O–H groups in total. The standard InChI is InChI=1S/C12H23NO/c1-7-10(8-9(2)3)11(14)13-12(4,5)6/h8-9H,7H2,1-6H3,(H,13,14)/b10-8-. The number of carbonyl (C=O) groups excluding carboxylic acids is 1. The van der Waals surface area contributed by atoms with Crippen molar-refractivity contribution in [1.29, 1.82) is 0 Å². The van der Waals surface area contributed by atoms with Gasteiger partial charge in [-0.1, -0.05) is 26.8 Å². The molecule has 0 aliphatic heterocycles. The van der Waals surface area contributed by atoms with E-state index in [1.54, 1.807) is 0 Å². The van der Waals surface area contributed by atoms with E-state index in [1.165, 1.54) is 0 Å². The normalized spacial score (nSPS) is 13.2. The van der Waals surface area contributed by atoms with Crippen LogP contribution in [0.5, 0.6) is 0 Å². The molecule has 14 heavy (non-hydrogen) atoms. The molecular formula is C12H23NO. The van der Waals surface area contributed by atoms with Crippen molar-refractivity contribution in [3.8, 4) is 0 Å². The summed E-state index contributed by atoms with van der Waals surface area (Å²) in [4.78, 5) is 11.7. The molecule has 0 aliphatic carbocycles. The fourth-order valence-corrected chi connectivity index (χ4v) is 1.18. The maximum Gasteiger partial charge on any atom is 0.247 e. The Morgan fingerprint density at radius 1 is 1.36 bits per heavy atom. The fraction of sp³-hybridized carbons (Fsp3) is 0.750. The zero-order chi connectivity index (χ0) is 11.4. The van der Waals surface area contributed by atoms with Gasteiger partial charge in [0, 0.05) is 11.1 Å². The van der Waals surface area contributed by atoms with Gasteiger partial charge in [-0.05, 0) is 33.1 Å². The first-order chi connectivity index (χ1) is 6.26. The monoisotopic (exact) mass is 197 g/mol. The van der Waals surface area contributed by atoms with E-state index in [1.807, 2.05) is 33.8 Å². The molecule has 0 unspecified atom stereocenters. The summed E-state index contributed by atoms with van der Waals surface area (Å²) in [5, 5.41) is 2.97. The van der Waals surface area contributed by atoms with Crippen molar-refractivity contribution in [3.05, 3.63) is 11.6 Å². The molecule has 82 valence electrons. The molecule has 0 rings (SSSR count). The SMILES string of the molecule is CC/C(=C/C(C)C)C(=O)NC(C)(C)C. The zero-order valence-electron chi connectivity index (χ0n) is 10.3. The Morgan fingerprint density at radius 2 is 1.86 bits per heavy atom. The van der Waals surface area contributed by atoms with Crippen LogP contribution >= 0.6 is 0 Å². The summed E-state index contributed by atoms with van der Waals surface area (Å²) < 4.78 is 0. The van der Waals surface area contributed by atoms with Crippen LogP contribution in [0, 0.1) is 5.92 Å². The van der Waals surface area contributed by atoms with Gasteiger partial charge >= 0.3 is 0 Å². The van der Waals surface area contributed by atoms with Gasteiger partial charge in [0.1, 0.15) is 0 Å². The minimum atomic E-state index is -0.150. The van der Waals surface area contributed by atoms with Crippen LogP contribution in [0.25, 0.3) is 0 Å². The molecule has 2 heteroatoms. The van der Waals surface area contributed by atoms with Crippen molar-refractivity contribution in [2.75, 3.05) is 0 Å². The van der Waals surface area contributed by atoms with Gasteiger partial charge < -0.3 is 5.32 Å². The van der Waals surface area contributed by atoms with Gasteiger partial charge in [-0.2, -0.15) is 0 Å². The van der Waals surface area contributed by atoms with Gasteiger partial charge in [0.2, 0.25) is 5.91 Å². The highest BCUT2D eigenvalue weighted by Crippen LogP contribution is 2.09. The maximum atomic E-state index is 11.7. The highest BCUT2D eigenvalue weighted by atomic mass is 16.1. The van der Waals surface area contributed by atoms with E-state index in [-0.39, 0.29) is 11.4 Å². The smallest absolute Gasteiger partial charge is 0.247 e. The molecule has 0 bridgehead atoms. The first-order valence-electron chi connectivity index (χ1n) is 5.29. The Bertz CT molecular complexity index is 221. The number of amides is 1. The van der Waals surface area contributed by atoms with Crippen LogP contribution in [0.3, 0.4) is 0 Å². The van der Waals surface area contributed by atoms with Crippen LogP contribution in [-0.4, -0.2) is 11.4 Å². The van der Waals surface area contributed by atoms with Crippen LogP contribution in [0.15, 0.2) is 11.6 Å². The van der Waals surface area contributed by atoms with E-state index in [4.69, 9.17) is 0 Å². The summed E-state index contributed by atoms with van der Waals surface area (Å²) >= 11 is 0. The molecule has 0 heterocycles. The molecule has 0 aromatic rings. The van der Waals surface area contributed by atoms with Gasteiger partial charge in [-0.15, -0.1) is 0 Å². The largest absolute Gasteiger partial charge is 0.348 e. The van der Waals surface area contributed by atoms with Crippen molar-refractivity contribution < 1.29 is 4.79 Å².